The van der Waals surface area contributed by atoms with Gasteiger partial charge in [-0.25, -0.2) is 8.42 Å². The maximum atomic E-state index is 12.3. The van der Waals surface area contributed by atoms with Crippen LogP contribution in [0, 0.1) is 5.92 Å². The summed E-state index contributed by atoms with van der Waals surface area (Å²) in [6.45, 7) is 2.18. The average Bonchev–Trinajstić information content (AvgIpc) is 2.37. The number of hydrogen-bond donors (Lipinski definition) is 1. The summed E-state index contributed by atoms with van der Waals surface area (Å²) in [7, 11) is -3.39. The fourth-order valence-corrected chi connectivity index (χ4v) is 3.69. The van der Waals surface area contributed by atoms with Gasteiger partial charge in [-0.3, -0.25) is 4.79 Å². The van der Waals surface area contributed by atoms with Crippen molar-refractivity contribution < 1.29 is 13.2 Å². The molecular weight excluding hydrogens is 274 g/mol. The minimum absolute atomic E-state index is 0.0985. The van der Waals surface area contributed by atoms with Crippen molar-refractivity contribution >= 4 is 15.7 Å². The Hall–Kier alpha value is -1.36. The lowest BCUT2D eigenvalue weighted by atomic mass is 9.87. The molecular formula is C15H21NO3S. The lowest BCUT2D eigenvalue weighted by Crippen LogP contribution is -2.38. The van der Waals surface area contributed by atoms with Gasteiger partial charge in [0, 0.05) is 12.3 Å². The Morgan fingerprint density at radius 1 is 1.25 bits per heavy atom. The Balaban J connectivity index is 2.18. The summed E-state index contributed by atoms with van der Waals surface area (Å²) in [5, 5.41) is 2.97. The summed E-state index contributed by atoms with van der Waals surface area (Å²) >= 11 is 0. The largest absolute Gasteiger partial charge is 0.349 e. The Kier molecular flexibility index (Phi) is 4.48. The second-order valence-corrected chi connectivity index (χ2v) is 7.69. The van der Waals surface area contributed by atoms with Crippen LogP contribution >= 0.6 is 0 Å². The van der Waals surface area contributed by atoms with E-state index in [1.165, 1.54) is 12.5 Å². The number of sulfone groups is 1. The summed E-state index contributed by atoms with van der Waals surface area (Å²) in [6, 6.07) is 6.52. The van der Waals surface area contributed by atoms with Crippen molar-refractivity contribution in [3.8, 4) is 0 Å². The second-order valence-electron chi connectivity index (χ2n) is 5.71. The average molecular weight is 295 g/mol. The normalized spacial score (nSPS) is 23.3. The van der Waals surface area contributed by atoms with Crippen LogP contribution in [0.4, 0.5) is 0 Å². The number of carbonyl (C=O) groups excluding carboxylic acids is 1. The summed E-state index contributed by atoms with van der Waals surface area (Å²) in [5.74, 6) is 0.323. The molecule has 1 fully saturated rings. The number of rotatable bonds is 3. The molecule has 4 nitrogen and oxygen atoms in total. The number of hydrogen-bond acceptors (Lipinski definition) is 3. The number of benzene rings is 1. The first-order chi connectivity index (χ1) is 9.38. The van der Waals surface area contributed by atoms with Crippen LogP contribution in [0.25, 0.3) is 0 Å². The van der Waals surface area contributed by atoms with Crippen molar-refractivity contribution in [3.63, 3.8) is 0 Å². The molecule has 0 aliphatic heterocycles. The van der Waals surface area contributed by atoms with Gasteiger partial charge in [0.05, 0.1) is 10.5 Å². The maximum absolute atomic E-state index is 12.3. The molecule has 0 spiro atoms. The molecule has 1 amide bonds. The van der Waals surface area contributed by atoms with Crippen molar-refractivity contribution in [2.45, 2.75) is 43.5 Å². The Morgan fingerprint density at radius 2 is 1.95 bits per heavy atom. The molecule has 0 bridgehead atoms. The van der Waals surface area contributed by atoms with Gasteiger partial charge in [0.2, 0.25) is 0 Å². The predicted octanol–water partition coefficient (Wildman–Crippen LogP) is 2.40. The van der Waals surface area contributed by atoms with Gasteiger partial charge >= 0.3 is 0 Å². The third-order valence-electron chi connectivity index (χ3n) is 3.80. The zero-order valence-electron chi connectivity index (χ0n) is 11.9. The fourth-order valence-electron chi connectivity index (χ4n) is 2.81. The van der Waals surface area contributed by atoms with Crippen molar-refractivity contribution in [2.24, 2.45) is 5.92 Å². The second kappa shape index (κ2) is 5.95. The molecule has 1 aromatic rings. The molecule has 2 rings (SSSR count). The van der Waals surface area contributed by atoms with E-state index >= 15 is 0 Å². The molecule has 5 heteroatoms. The minimum Gasteiger partial charge on any atom is -0.349 e. The summed E-state index contributed by atoms with van der Waals surface area (Å²) < 4.78 is 23.4. The highest BCUT2D eigenvalue weighted by Crippen LogP contribution is 2.24. The first-order valence-electron chi connectivity index (χ1n) is 6.98. The monoisotopic (exact) mass is 295 g/mol. The molecule has 0 saturated heterocycles. The molecule has 0 aromatic heterocycles. The third kappa shape index (κ3) is 3.60. The van der Waals surface area contributed by atoms with Crippen LogP contribution in [-0.2, 0) is 9.84 Å². The van der Waals surface area contributed by atoms with Crippen molar-refractivity contribution in [2.75, 3.05) is 6.26 Å². The van der Waals surface area contributed by atoms with Gasteiger partial charge in [-0.15, -0.1) is 0 Å². The molecule has 0 radical (unpaired) electrons. The molecule has 0 heterocycles. The predicted molar refractivity (Wildman–Crippen MR) is 78.4 cm³/mol. The van der Waals surface area contributed by atoms with Crippen LogP contribution in [0.3, 0.4) is 0 Å². The molecule has 1 aliphatic carbocycles. The van der Waals surface area contributed by atoms with Gasteiger partial charge in [0.25, 0.3) is 5.91 Å². The van der Waals surface area contributed by atoms with Gasteiger partial charge in [0.1, 0.15) is 0 Å². The summed E-state index contributed by atoms with van der Waals surface area (Å²) in [6.07, 6.45) is 5.37. The SMILES string of the molecule is CC1CCCC(NC(=O)c2ccccc2S(C)(=O)=O)C1. The first kappa shape index (κ1) is 15.0. The van der Waals surface area contributed by atoms with Crippen LogP contribution in [0.15, 0.2) is 29.2 Å². The van der Waals surface area contributed by atoms with Crippen LogP contribution in [0.5, 0.6) is 0 Å². The lowest BCUT2D eigenvalue weighted by Gasteiger charge is -2.27. The van der Waals surface area contributed by atoms with Crippen molar-refractivity contribution in [1.82, 2.24) is 5.32 Å². The van der Waals surface area contributed by atoms with E-state index in [9.17, 15) is 13.2 Å². The molecule has 110 valence electrons. The molecule has 1 aromatic carbocycles. The zero-order valence-corrected chi connectivity index (χ0v) is 12.7. The van der Waals surface area contributed by atoms with Gasteiger partial charge in [-0.1, -0.05) is 31.9 Å². The van der Waals surface area contributed by atoms with Gasteiger partial charge < -0.3 is 5.32 Å². The molecule has 2 atom stereocenters. The van der Waals surface area contributed by atoms with Crippen molar-refractivity contribution in [1.29, 1.82) is 0 Å². The highest BCUT2D eigenvalue weighted by molar-refractivity contribution is 7.90. The minimum atomic E-state index is -3.39. The quantitative estimate of drug-likeness (QED) is 0.931. The van der Waals surface area contributed by atoms with E-state index in [1.807, 2.05) is 0 Å². The Labute approximate surface area is 120 Å². The standard InChI is InChI=1S/C15H21NO3S/c1-11-6-5-7-12(10-11)16-15(17)13-8-3-4-9-14(13)20(2,18)19/h3-4,8-9,11-12H,5-7,10H2,1-2H3,(H,16,17). The van der Waals surface area contributed by atoms with Gasteiger partial charge in [-0.2, -0.15) is 0 Å². The fraction of sp³-hybridized carbons (Fsp3) is 0.533. The Bertz CT molecular complexity index is 595. The van der Waals surface area contributed by atoms with E-state index in [1.54, 1.807) is 18.2 Å². The van der Waals surface area contributed by atoms with Gasteiger partial charge in [-0.05, 0) is 30.9 Å². The van der Waals surface area contributed by atoms with Gasteiger partial charge in [0.15, 0.2) is 9.84 Å². The van der Waals surface area contributed by atoms with Crippen LogP contribution < -0.4 is 5.32 Å². The zero-order chi connectivity index (χ0) is 14.8. The lowest BCUT2D eigenvalue weighted by molar-refractivity contribution is 0.0918. The van der Waals surface area contributed by atoms with E-state index in [2.05, 4.69) is 12.2 Å². The van der Waals surface area contributed by atoms with Crippen LogP contribution in [-0.4, -0.2) is 26.6 Å². The highest BCUT2D eigenvalue weighted by Gasteiger charge is 2.23. The highest BCUT2D eigenvalue weighted by atomic mass is 32.2. The molecule has 20 heavy (non-hydrogen) atoms. The number of amides is 1. The van der Waals surface area contributed by atoms with Crippen molar-refractivity contribution in [3.05, 3.63) is 29.8 Å². The third-order valence-corrected chi connectivity index (χ3v) is 4.96. The van der Waals surface area contributed by atoms with Crippen LogP contribution in [0.2, 0.25) is 0 Å². The Morgan fingerprint density at radius 3 is 2.60 bits per heavy atom. The molecule has 1 N–H and O–H groups in total. The van der Waals surface area contributed by atoms with E-state index < -0.39 is 9.84 Å². The molecule has 2 unspecified atom stereocenters. The summed E-state index contributed by atoms with van der Waals surface area (Å²) in [5.41, 5.74) is 0.244. The number of carbonyl (C=O) groups is 1. The van der Waals surface area contributed by atoms with E-state index in [-0.39, 0.29) is 22.4 Å². The maximum Gasteiger partial charge on any atom is 0.252 e. The van der Waals surface area contributed by atoms with Crippen LogP contribution in [0.1, 0.15) is 43.0 Å². The smallest absolute Gasteiger partial charge is 0.252 e. The van der Waals surface area contributed by atoms with E-state index in [4.69, 9.17) is 0 Å². The van der Waals surface area contributed by atoms with E-state index in [0.717, 1.165) is 25.5 Å². The molecule has 1 saturated carbocycles. The number of nitrogens with one attached hydrogen (secondary N) is 1. The van der Waals surface area contributed by atoms with E-state index in [0.29, 0.717) is 5.92 Å². The summed E-state index contributed by atoms with van der Waals surface area (Å²) in [4.78, 5) is 12.4. The first-order valence-corrected chi connectivity index (χ1v) is 8.87. The topological polar surface area (TPSA) is 63.2 Å². The molecule has 1 aliphatic rings.